The molecule has 0 saturated heterocycles. The maximum Gasteiger partial charge on any atom is 0.225 e. The molecule has 1 aromatic heterocycles. The van der Waals surface area contributed by atoms with E-state index in [9.17, 15) is 9.59 Å². The molecule has 0 fully saturated rings. The number of hydrogen-bond acceptors (Lipinski definition) is 3. The normalized spacial score (nSPS) is 9.33. The highest BCUT2D eigenvalue weighted by Gasteiger charge is 2.02. The summed E-state index contributed by atoms with van der Waals surface area (Å²) in [6.07, 6.45) is 1.95. The third-order valence-corrected chi connectivity index (χ3v) is 2.15. The predicted octanol–water partition coefficient (Wildman–Crippen LogP) is 0.516. The maximum atomic E-state index is 11.0. The molecule has 0 aliphatic rings. The van der Waals surface area contributed by atoms with Crippen LogP contribution in [0.4, 0.5) is 0 Å². The first-order chi connectivity index (χ1) is 5.83. The Kier molecular flexibility index (Phi) is 3.47. The van der Waals surface area contributed by atoms with Crippen molar-refractivity contribution in [2.75, 3.05) is 6.54 Å². The van der Waals surface area contributed by atoms with Crippen molar-refractivity contribution in [2.24, 2.45) is 0 Å². The van der Waals surface area contributed by atoms with Gasteiger partial charge in [-0.05, 0) is 11.4 Å². The highest BCUT2D eigenvalue weighted by atomic mass is 32.1. The number of rotatable bonds is 4. The summed E-state index contributed by atoms with van der Waals surface area (Å²) in [4.78, 5) is 21.8. The number of carbonyl (C=O) groups is 1. The lowest BCUT2D eigenvalue weighted by Gasteiger charge is -1.97. The minimum absolute atomic E-state index is 0.0236. The first-order valence-electron chi connectivity index (χ1n) is 3.47. The molecule has 0 aliphatic carbocycles. The van der Waals surface area contributed by atoms with Gasteiger partial charge in [0.25, 0.3) is 0 Å². The van der Waals surface area contributed by atoms with E-state index in [0.29, 0.717) is 6.42 Å². The topological polar surface area (TPSA) is 46.2 Å². The van der Waals surface area contributed by atoms with Gasteiger partial charge in [0, 0.05) is 4.88 Å². The molecule has 1 amide bonds. The SMILES string of the molecule is O=[C]CNC(=O)Cc1cccs1. The summed E-state index contributed by atoms with van der Waals surface area (Å²) in [5.41, 5.74) is 0. The lowest BCUT2D eigenvalue weighted by atomic mass is 10.3. The number of amides is 1. The fourth-order valence-electron chi connectivity index (χ4n) is 0.769. The van der Waals surface area contributed by atoms with E-state index in [1.807, 2.05) is 17.5 Å². The smallest absolute Gasteiger partial charge is 0.225 e. The molecular weight excluding hydrogens is 174 g/mol. The summed E-state index contributed by atoms with van der Waals surface area (Å²) >= 11 is 1.53. The van der Waals surface area contributed by atoms with E-state index in [2.05, 4.69) is 5.32 Å². The van der Waals surface area contributed by atoms with E-state index < -0.39 is 0 Å². The van der Waals surface area contributed by atoms with Crippen LogP contribution in [0.3, 0.4) is 0 Å². The van der Waals surface area contributed by atoms with E-state index >= 15 is 0 Å². The molecule has 0 spiro atoms. The summed E-state index contributed by atoms with van der Waals surface area (Å²) in [5.74, 6) is -0.138. The van der Waals surface area contributed by atoms with Crippen molar-refractivity contribution in [3.8, 4) is 0 Å². The van der Waals surface area contributed by atoms with Crippen molar-refractivity contribution in [3.63, 3.8) is 0 Å². The van der Waals surface area contributed by atoms with Crippen molar-refractivity contribution >= 4 is 23.5 Å². The lowest BCUT2D eigenvalue weighted by molar-refractivity contribution is -0.120. The summed E-state index contributed by atoms with van der Waals surface area (Å²) < 4.78 is 0. The second-order valence-corrected chi connectivity index (χ2v) is 3.21. The Balaban J connectivity index is 2.32. The van der Waals surface area contributed by atoms with Crippen molar-refractivity contribution in [1.82, 2.24) is 5.32 Å². The monoisotopic (exact) mass is 182 g/mol. The van der Waals surface area contributed by atoms with Gasteiger partial charge in [0.05, 0.1) is 13.0 Å². The Hall–Kier alpha value is -1.16. The first kappa shape index (κ1) is 8.93. The Labute approximate surface area is 74.4 Å². The van der Waals surface area contributed by atoms with Crippen LogP contribution in [0, 0.1) is 0 Å². The van der Waals surface area contributed by atoms with Gasteiger partial charge >= 0.3 is 0 Å². The van der Waals surface area contributed by atoms with Crippen molar-refractivity contribution < 1.29 is 9.59 Å². The van der Waals surface area contributed by atoms with Crippen LogP contribution in [0.25, 0.3) is 0 Å². The van der Waals surface area contributed by atoms with E-state index in [0.717, 1.165) is 4.88 Å². The van der Waals surface area contributed by atoms with Crippen LogP contribution in [0.1, 0.15) is 4.88 Å². The van der Waals surface area contributed by atoms with Gasteiger partial charge in [-0.25, -0.2) is 0 Å². The highest BCUT2D eigenvalue weighted by Crippen LogP contribution is 2.08. The molecule has 1 N–H and O–H groups in total. The summed E-state index contributed by atoms with van der Waals surface area (Å²) in [6.45, 7) is -0.0236. The van der Waals surface area contributed by atoms with E-state index in [1.165, 1.54) is 11.3 Å². The molecular formula is C8H8NO2S. The molecule has 12 heavy (non-hydrogen) atoms. The third kappa shape index (κ3) is 2.84. The quantitative estimate of drug-likeness (QED) is 0.737. The summed E-state index contributed by atoms with van der Waals surface area (Å²) in [5, 5.41) is 4.33. The maximum absolute atomic E-state index is 11.0. The minimum Gasteiger partial charge on any atom is -0.348 e. The molecule has 3 nitrogen and oxygen atoms in total. The molecule has 63 valence electrons. The third-order valence-electron chi connectivity index (χ3n) is 1.27. The van der Waals surface area contributed by atoms with Gasteiger partial charge in [0.1, 0.15) is 0 Å². The zero-order valence-electron chi connectivity index (χ0n) is 6.37. The average molecular weight is 182 g/mol. The zero-order chi connectivity index (χ0) is 8.81. The van der Waals surface area contributed by atoms with Crippen LogP contribution in [0.2, 0.25) is 0 Å². The fourth-order valence-corrected chi connectivity index (χ4v) is 1.47. The fraction of sp³-hybridized carbons (Fsp3) is 0.250. The molecule has 0 aromatic carbocycles. The number of hydrogen-bond donors (Lipinski definition) is 1. The standard InChI is InChI=1S/C8H8NO2S/c10-4-3-9-8(11)6-7-2-1-5-12-7/h1-2,5H,3,6H2,(H,9,11). The van der Waals surface area contributed by atoms with Gasteiger partial charge in [-0.1, -0.05) is 6.07 Å². The Morgan fingerprint density at radius 3 is 3.08 bits per heavy atom. The van der Waals surface area contributed by atoms with Gasteiger partial charge in [-0.2, -0.15) is 0 Å². The summed E-state index contributed by atoms with van der Waals surface area (Å²) in [6, 6.07) is 3.77. The van der Waals surface area contributed by atoms with Crippen LogP contribution in [0.5, 0.6) is 0 Å². The van der Waals surface area contributed by atoms with Crippen LogP contribution in [0.15, 0.2) is 17.5 Å². The van der Waals surface area contributed by atoms with Crippen LogP contribution in [-0.4, -0.2) is 18.7 Å². The predicted molar refractivity (Wildman–Crippen MR) is 46.7 cm³/mol. The van der Waals surface area contributed by atoms with Gasteiger partial charge in [0.15, 0.2) is 0 Å². The Bertz CT molecular complexity index is 256. The lowest BCUT2D eigenvalue weighted by Crippen LogP contribution is -2.26. The van der Waals surface area contributed by atoms with Gasteiger partial charge in [-0.15, -0.1) is 11.3 Å². The van der Waals surface area contributed by atoms with Crippen molar-refractivity contribution in [2.45, 2.75) is 6.42 Å². The van der Waals surface area contributed by atoms with Gasteiger partial charge < -0.3 is 5.32 Å². The molecule has 4 heteroatoms. The Morgan fingerprint density at radius 1 is 1.67 bits per heavy atom. The average Bonchev–Trinajstić information content (AvgIpc) is 2.53. The van der Waals surface area contributed by atoms with Crippen molar-refractivity contribution in [1.29, 1.82) is 0 Å². The largest absolute Gasteiger partial charge is 0.348 e. The second-order valence-electron chi connectivity index (χ2n) is 2.18. The number of thiophene rings is 1. The molecule has 0 bridgehead atoms. The molecule has 1 radical (unpaired) electrons. The van der Waals surface area contributed by atoms with E-state index in [4.69, 9.17) is 0 Å². The van der Waals surface area contributed by atoms with Crippen LogP contribution in [-0.2, 0) is 16.0 Å². The van der Waals surface area contributed by atoms with Gasteiger partial charge in [0.2, 0.25) is 12.2 Å². The second kappa shape index (κ2) is 4.66. The highest BCUT2D eigenvalue weighted by molar-refractivity contribution is 7.10. The summed E-state index contributed by atoms with van der Waals surface area (Å²) in [7, 11) is 0. The zero-order valence-corrected chi connectivity index (χ0v) is 7.19. The molecule has 0 saturated carbocycles. The molecule has 0 unspecified atom stereocenters. The first-order valence-corrected chi connectivity index (χ1v) is 4.35. The molecule has 1 aromatic rings. The number of nitrogens with one attached hydrogen (secondary N) is 1. The van der Waals surface area contributed by atoms with Gasteiger partial charge in [-0.3, -0.25) is 9.59 Å². The van der Waals surface area contributed by atoms with E-state index in [-0.39, 0.29) is 12.5 Å². The van der Waals surface area contributed by atoms with Crippen molar-refractivity contribution in [3.05, 3.63) is 22.4 Å². The number of carbonyl (C=O) groups excluding carboxylic acids is 2. The van der Waals surface area contributed by atoms with E-state index in [1.54, 1.807) is 6.29 Å². The molecule has 1 rings (SSSR count). The van der Waals surface area contributed by atoms with Crippen LogP contribution >= 0.6 is 11.3 Å². The molecule has 0 atom stereocenters. The molecule has 1 heterocycles. The van der Waals surface area contributed by atoms with Crippen LogP contribution < -0.4 is 5.32 Å². The minimum atomic E-state index is -0.138. The molecule has 0 aliphatic heterocycles. The Morgan fingerprint density at radius 2 is 2.50 bits per heavy atom.